The first-order valence-corrected chi connectivity index (χ1v) is 5.37. The van der Waals surface area contributed by atoms with Crippen LogP contribution < -0.4 is 10.5 Å². The summed E-state index contributed by atoms with van der Waals surface area (Å²) >= 11 is 0. The van der Waals surface area contributed by atoms with E-state index in [9.17, 15) is 8.42 Å². The van der Waals surface area contributed by atoms with Gasteiger partial charge in [-0.25, -0.2) is 13.1 Å². The van der Waals surface area contributed by atoms with Gasteiger partial charge in [-0.15, -0.1) is 0 Å². The first-order valence-electron chi connectivity index (χ1n) is 3.72. The van der Waals surface area contributed by atoms with Crippen molar-refractivity contribution in [2.24, 2.45) is 10.7 Å². The second-order valence-electron chi connectivity index (χ2n) is 2.34. The molecule has 0 amide bonds. The van der Waals surface area contributed by atoms with Crippen molar-refractivity contribution in [3.8, 4) is 0 Å². The van der Waals surface area contributed by atoms with Crippen LogP contribution in [0.4, 0.5) is 0 Å². The molecule has 0 aromatic heterocycles. The van der Waals surface area contributed by atoms with Crippen LogP contribution >= 0.6 is 0 Å². The Morgan fingerprint density at radius 2 is 2.17 bits per heavy atom. The van der Waals surface area contributed by atoms with Gasteiger partial charge in [-0.1, -0.05) is 6.92 Å². The van der Waals surface area contributed by atoms with Crippen LogP contribution in [0.1, 0.15) is 13.8 Å². The van der Waals surface area contributed by atoms with E-state index in [1.807, 2.05) is 0 Å². The first-order chi connectivity index (χ1) is 5.48. The predicted molar refractivity (Wildman–Crippen MR) is 49.6 cm³/mol. The van der Waals surface area contributed by atoms with E-state index in [0.29, 0.717) is 12.4 Å². The Hall–Kier alpha value is -0.620. The Morgan fingerprint density at radius 3 is 2.58 bits per heavy atom. The number of hydrogen-bond donors (Lipinski definition) is 2. The van der Waals surface area contributed by atoms with Crippen molar-refractivity contribution in [2.45, 2.75) is 13.8 Å². The summed E-state index contributed by atoms with van der Waals surface area (Å²) in [4.78, 5) is 3.77. The zero-order valence-corrected chi connectivity index (χ0v) is 8.19. The van der Waals surface area contributed by atoms with Gasteiger partial charge in [0, 0.05) is 6.54 Å². The van der Waals surface area contributed by atoms with Gasteiger partial charge in [-0.3, -0.25) is 4.99 Å². The average molecular weight is 193 g/mol. The topological polar surface area (TPSA) is 84.5 Å². The number of aliphatic imine (C=N–C) groups is 1. The lowest BCUT2D eigenvalue weighted by Crippen LogP contribution is -2.27. The van der Waals surface area contributed by atoms with Gasteiger partial charge in [0.2, 0.25) is 10.0 Å². The van der Waals surface area contributed by atoms with E-state index < -0.39 is 10.0 Å². The highest BCUT2D eigenvalue weighted by molar-refractivity contribution is 7.89. The molecule has 3 N–H and O–H groups in total. The van der Waals surface area contributed by atoms with Crippen LogP contribution in [-0.4, -0.2) is 33.1 Å². The lowest BCUT2D eigenvalue weighted by atomic mass is 10.7. The minimum absolute atomic E-state index is 0.00458. The minimum atomic E-state index is -3.14. The van der Waals surface area contributed by atoms with E-state index in [1.54, 1.807) is 13.8 Å². The first kappa shape index (κ1) is 11.4. The van der Waals surface area contributed by atoms with E-state index >= 15 is 0 Å². The molecule has 0 atom stereocenters. The van der Waals surface area contributed by atoms with E-state index in [-0.39, 0.29) is 12.3 Å². The molecule has 72 valence electrons. The Kier molecular flexibility index (Phi) is 4.84. The highest BCUT2D eigenvalue weighted by atomic mass is 32.2. The summed E-state index contributed by atoms with van der Waals surface area (Å²) < 4.78 is 24.3. The fourth-order valence-electron chi connectivity index (χ4n) is 0.634. The molecular formula is C6H15N3O2S. The molecule has 12 heavy (non-hydrogen) atoms. The summed E-state index contributed by atoms with van der Waals surface area (Å²) in [5.74, 6) is 0.400. The predicted octanol–water partition coefficient (Wildman–Crippen LogP) is -0.697. The van der Waals surface area contributed by atoms with Crippen molar-refractivity contribution in [2.75, 3.05) is 18.8 Å². The lowest BCUT2D eigenvalue weighted by molar-refractivity contribution is 0.584. The summed E-state index contributed by atoms with van der Waals surface area (Å²) in [7, 11) is -3.14. The molecule has 0 heterocycles. The van der Waals surface area contributed by atoms with Crippen LogP contribution in [0.2, 0.25) is 0 Å². The molecule has 0 radical (unpaired) electrons. The smallest absolute Gasteiger partial charge is 0.213 e. The van der Waals surface area contributed by atoms with Gasteiger partial charge < -0.3 is 5.73 Å². The van der Waals surface area contributed by atoms with Gasteiger partial charge in [0.15, 0.2) is 0 Å². The van der Waals surface area contributed by atoms with Gasteiger partial charge in [-0.2, -0.15) is 0 Å². The van der Waals surface area contributed by atoms with E-state index in [0.717, 1.165) is 0 Å². The van der Waals surface area contributed by atoms with Crippen LogP contribution in [0.25, 0.3) is 0 Å². The molecule has 0 rings (SSSR count). The Bertz CT molecular complexity index is 242. The molecule has 0 aliphatic rings. The molecule has 0 fully saturated rings. The second-order valence-corrected chi connectivity index (χ2v) is 4.27. The molecule has 0 aromatic rings. The molecule has 0 aliphatic heterocycles. The van der Waals surface area contributed by atoms with Gasteiger partial charge in [0.25, 0.3) is 0 Å². The number of rotatable bonds is 5. The summed E-state index contributed by atoms with van der Waals surface area (Å²) in [5.41, 5.74) is 5.23. The summed E-state index contributed by atoms with van der Waals surface area (Å²) in [6, 6.07) is 0. The third kappa shape index (κ3) is 6.11. The molecule has 6 heteroatoms. The van der Waals surface area contributed by atoms with Crippen molar-refractivity contribution in [3.05, 3.63) is 0 Å². The van der Waals surface area contributed by atoms with Crippen molar-refractivity contribution < 1.29 is 8.42 Å². The Labute approximate surface area is 73.1 Å². The van der Waals surface area contributed by atoms with Crippen molar-refractivity contribution in [1.29, 1.82) is 0 Å². The van der Waals surface area contributed by atoms with Crippen LogP contribution in [-0.2, 0) is 10.0 Å². The number of nitrogens with two attached hydrogens (primary N) is 1. The highest BCUT2D eigenvalue weighted by Crippen LogP contribution is 1.84. The normalized spacial score (nSPS) is 13.3. The molecule has 0 aliphatic carbocycles. The standard InChI is InChI=1S/C6H15N3O2S/c1-3-9-12(10,11)5-4-8-6(2)7/h9H,3-5H2,1-2H3,(H2,7,8). The largest absolute Gasteiger partial charge is 0.388 e. The third-order valence-electron chi connectivity index (χ3n) is 1.09. The van der Waals surface area contributed by atoms with Crippen LogP contribution in [0.15, 0.2) is 4.99 Å². The molecule has 0 saturated heterocycles. The Morgan fingerprint density at radius 1 is 1.58 bits per heavy atom. The summed E-state index contributed by atoms with van der Waals surface area (Å²) in [6.45, 7) is 3.99. The van der Waals surface area contributed by atoms with E-state index in [2.05, 4.69) is 9.71 Å². The molecule has 5 nitrogen and oxygen atoms in total. The zero-order chi connectivity index (χ0) is 9.61. The van der Waals surface area contributed by atoms with Crippen molar-refractivity contribution >= 4 is 15.9 Å². The number of nitrogens with one attached hydrogen (secondary N) is 1. The maximum atomic E-state index is 11.0. The van der Waals surface area contributed by atoms with E-state index in [1.165, 1.54) is 0 Å². The molecular weight excluding hydrogens is 178 g/mol. The Balaban J connectivity index is 3.85. The minimum Gasteiger partial charge on any atom is -0.388 e. The average Bonchev–Trinajstić information content (AvgIpc) is 1.85. The molecule has 0 unspecified atom stereocenters. The molecule has 0 aromatic carbocycles. The zero-order valence-electron chi connectivity index (χ0n) is 7.37. The van der Waals surface area contributed by atoms with Crippen LogP contribution in [0.3, 0.4) is 0 Å². The van der Waals surface area contributed by atoms with E-state index in [4.69, 9.17) is 5.73 Å². The number of hydrogen-bond acceptors (Lipinski definition) is 3. The summed E-state index contributed by atoms with van der Waals surface area (Å²) in [5, 5.41) is 0. The fraction of sp³-hybridized carbons (Fsp3) is 0.833. The maximum absolute atomic E-state index is 11.0. The van der Waals surface area contributed by atoms with Crippen molar-refractivity contribution in [3.63, 3.8) is 0 Å². The SMILES string of the molecule is CCNS(=O)(=O)CCN=C(C)N. The second kappa shape index (κ2) is 5.10. The number of amidine groups is 1. The maximum Gasteiger partial charge on any atom is 0.213 e. The summed E-state index contributed by atoms with van der Waals surface area (Å²) in [6.07, 6.45) is 0. The van der Waals surface area contributed by atoms with Crippen LogP contribution in [0, 0.1) is 0 Å². The van der Waals surface area contributed by atoms with Gasteiger partial charge >= 0.3 is 0 Å². The highest BCUT2D eigenvalue weighted by Gasteiger charge is 2.06. The van der Waals surface area contributed by atoms with Crippen LogP contribution in [0.5, 0.6) is 0 Å². The van der Waals surface area contributed by atoms with Crippen molar-refractivity contribution in [1.82, 2.24) is 4.72 Å². The number of sulfonamides is 1. The fourth-order valence-corrected chi connectivity index (χ4v) is 1.55. The molecule has 0 spiro atoms. The third-order valence-corrected chi connectivity index (χ3v) is 2.53. The molecule has 0 bridgehead atoms. The van der Waals surface area contributed by atoms with Gasteiger partial charge in [0.1, 0.15) is 0 Å². The van der Waals surface area contributed by atoms with Gasteiger partial charge in [-0.05, 0) is 6.92 Å². The van der Waals surface area contributed by atoms with Gasteiger partial charge in [0.05, 0.1) is 18.1 Å². The quantitative estimate of drug-likeness (QED) is 0.447. The number of nitrogens with zero attached hydrogens (tertiary/aromatic N) is 1. The molecule has 0 saturated carbocycles. The monoisotopic (exact) mass is 193 g/mol. The lowest BCUT2D eigenvalue weighted by Gasteiger charge is -2.01.